The highest BCUT2D eigenvalue weighted by Gasteiger charge is 2.55. The van der Waals surface area contributed by atoms with Gasteiger partial charge in [0.25, 0.3) is 5.91 Å². The highest BCUT2D eigenvalue weighted by Crippen LogP contribution is 2.38. The summed E-state index contributed by atoms with van der Waals surface area (Å²) < 4.78 is 1.90. The van der Waals surface area contributed by atoms with Crippen LogP contribution >= 0.6 is 0 Å². The average Bonchev–Trinajstić information content (AvgIpc) is 3.05. The van der Waals surface area contributed by atoms with Crippen molar-refractivity contribution in [3.63, 3.8) is 0 Å². The number of carbonyl (C=O) groups excluding carboxylic acids is 3. The first kappa shape index (κ1) is 20.4. The lowest BCUT2D eigenvalue weighted by Gasteiger charge is -2.36. The Morgan fingerprint density at radius 2 is 2.04 bits per heavy atom. The summed E-state index contributed by atoms with van der Waals surface area (Å²) in [7, 11) is 0. The largest absolute Gasteiger partial charge is 0.352 e. The Labute approximate surface area is 166 Å². The second-order valence-electron chi connectivity index (χ2n) is 8.33. The van der Waals surface area contributed by atoms with Crippen LogP contribution in [0.5, 0.6) is 0 Å². The lowest BCUT2D eigenvalue weighted by atomic mass is 9.73. The summed E-state index contributed by atoms with van der Waals surface area (Å²) in [6.07, 6.45) is 3.53. The number of nitrogens with zero attached hydrogens (tertiary/aromatic N) is 3. The molecule has 3 rings (SSSR count). The van der Waals surface area contributed by atoms with E-state index in [1.807, 2.05) is 39.3 Å². The fraction of sp³-hybridized carbons (Fsp3) is 0.700. The molecule has 28 heavy (non-hydrogen) atoms. The number of aromatic nitrogens is 2. The van der Waals surface area contributed by atoms with E-state index in [0.717, 1.165) is 41.1 Å². The number of amides is 4. The third-order valence-corrected chi connectivity index (χ3v) is 6.50. The van der Waals surface area contributed by atoms with Crippen LogP contribution in [0.25, 0.3) is 0 Å². The van der Waals surface area contributed by atoms with Crippen molar-refractivity contribution in [2.75, 3.05) is 13.1 Å². The van der Waals surface area contributed by atoms with Crippen LogP contribution in [-0.4, -0.2) is 51.2 Å². The predicted octanol–water partition coefficient (Wildman–Crippen LogP) is 1.99. The third kappa shape index (κ3) is 3.40. The molecule has 2 N–H and O–H groups in total. The second kappa shape index (κ2) is 7.56. The summed E-state index contributed by atoms with van der Waals surface area (Å²) in [5.74, 6) is -0.517. The first-order chi connectivity index (χ1) is 13.2. The van der Waals surface area contributed by atoms with E-state index < -0.39 is 11.6 Å². The summed E-state index contributed by atoms with van der Waals surface area (Å²) >= 11 is 0. The van der Waals surface area contributed by atoms with E-state index in [1.54, 1.807) is 0 Å². The first-order valence-electron chi connectivity index (χ1n) is 10.1. The molecule has 8 nitrogen and oxygen atoms in total. The molecule has 0 bridgehead atoms. The van der Waals surface area contributed by atoms with Crippen LogP contribution in [0, 0.1) is 26.7 Å². The highest BCUT2D eigenvalue weighted by molar-refractivity contribution is 6.09. The number of rotatable bonds is 5. The maximum Gasteiger partial charge on any atom is 0.325 e. The molecule has 1 saturated heterocycles. The van der Waals surface area contributed by atoms with Crippen LogP contribution in [0.4, 0.5) is 4.79 Å². The van der Waals surface area contributed by atoms with Crippen LogP contribution in [0.2, 0.25) is 0 Å². The maximum absolute atomic E-state index is 12.9. The van der Waals surface area contributed by atoms with Crippen molar-refractivity contribution < 1.29 is 14.4 Å². The highest BCUT2D eigenvalue weighted by atomic mass is 16.2. The van der Waals surface area contributed by atoms with Crippen molar-refractivity contribution in [3.05, 3.63) is 17.0 Å². The van der Waals surface area contributed by atoms with Gasteiger partial charge in [-0.3, -0.25) is 19.2 Å². The van der Waals surface area contributed by atoms with Gasteiger partial charge in [-0.25, -0.2) is 4.79 Å². The molecule has 0 aromatic carbocycles. The standard InChI is InChI=1S/C20H31N5O3/c1-12-8-6-7-9-20(12)18(27)24(19(28)22-20)11-17(26)21-10-13(2)25-16(5)14(3)15(4)23-25/h12-13H,6-11H2,1-5H3,(H,21,26)(H,22,28)/t12-,13-,20+/m1/s1. The van der Waals surface area contributed by atoms with Crippen LogP contribution < -0.4 is 10.6 Å². The molecule has 1 saturated carbocycles. The molecule has 1 aromatic rings. The van der Waals surface area contributed by atoms with Crippen molar-refractivity contribution in [2.24, 2.45) is 5.92 Å². The average molecular weight is 390 g/mol. The van der Waals surface area contributed by atoms with Gasteiger partial charge in [0.05, 0.1) is 11.7 Å². The third-order valence-electron chi connectivity index (χ3n) is 6.50. The SMILES string of the molecule is Cc1nn([C@H](C)CNC(=O)CN2C(=O)N[C@]3(CCCC[C@H]3C)C2=O)c(C)c1C. The number of carbonyl (C=O) groups is 3. The number of hydrogen-bond acceptors (Lipinski definition) is 4. The molecular formula is C20H31N5O3. The van der Waals surface area contributed by atoms with Crippen LogP contribution in [0.1, 0.15) is 62.5 Å². The van der Waals surface area contributed by atoms with Gasteiger partial charge in [0.1, 0.15) is 12.1 Å². The van der Waals surface area contributed by atoms with E-state index >= 15 is 0 Å². The lowest BCUT2D eigenvalue weighted by Crippen LogP contribution is -2.54. The Morgan fingerprint density at radius 3 is 2.64 bits per heavy atom. The zero-order valence-corrected chi connectivity index (χ0v) is 17.5. The van der Waals surface area contributed by atoms with Crippen molar-refractivity contribution in [3.8, 4) is 0 Å². The van der Waals surface area contributed by atoms with Gasteiger partial charge < -0.3 is 10.6 Å². The summed E-state index contributed by atoms with van der Waals surface area (Å²) in [4.78, 5) is 38.8. The molecular weight excluding hydrogens is 358 g/mol. The minimum absolute atomic E-state index is 0.0239. The quantitative estimate of drug-likeness (QED) is 0.753. The Balaban J connectivity index is 1.59. The predicted molar refractivity (Wildman–Crippen MR) is 105 cm³/mol. The van der Waals surface area contributed by atoms with E-state index in [0.29, 0.717) is 13.0 Å². The zero-order valence-electron chi connectivity index (χ0n) is 17.5. The fourth-order valence-electron chi connectivity index (χ4n) is 4.36. The van der Waals surface area contributed by atoms with Crippen LogP contribution in [0.15, 0.2) is 0 Å². The van der Waals surface area contributed by atoms with Gasteiger partial charge in [-0.1, -0.05) is 19.8 Å². The zero-order chi connectivity index (χ0) is 20.6. The van der Waals surface area contributed by atoms with Gasteiger partial charge in [0.2, 0.25) is 5.91 Å². The van der Waals surface area contributed by atoms with Gasteiger partial charge in [-0.2, -0.15) is 5.10 Å². The van der Waals surface area contributed by atoms with Crippen molar-refractivity contribution in [1.29, 1.82) is 0 Å². The van der Waals surface area contributed by atoms with Gasteiger partial charge >= 0.3 is 6.03 Å². The molecule has 1 aromatic heterocycles. The molecule has 1 aliphatic carbocycles. The molecule has 154 valence electrons. The molecule has 4 amide bonds. The molecule has 2 fully saturated rings. The minimum Gasteiger partial charge on any atom is -0.352 e. The molecule has 2 aliphatic rings. The Hall–Kier alpha value is -2.38. The summed E-state index contributed by atoms with van der Waals surface area (Å²) in [6, 6.07) is -0.486. The number of urea groups is 1. The molecule has 0 radical (unpaired) electrons. The normalized spacial score (nSPS) is 25.9. The Bertz CT molecular complexity index is 802. The van der Waals surface area contributed by atoms with E-state index in [-0.39, 0.29) is 30.3 Å². The van der Waals surface area contributed by atoms with E-state index in [4.69, 9.17) is 0 Å². The van der Waals surface area contributed by atoms with Gasteiger partial charge in [-0.05, 0) is 52.0 Å². The molecule has 1 aliphatic heterocycles. The van der Waals surface area contributed by atoms with Crippen LogP contribution in [-0.2, 0) is 9.59 Å². The molecule has 8 heteroatoms. The summed E-state index contributed by atoms with van der Waals surface area (Å²) in [6.45, 7) is 10.1. The maximum atomic E-state index is 12.9. The monoisotopic (exact) mass is 389 g/mol. The lowest BCUT2D eigenvalue weighted by molar-refractivity contribution is -0.137. The van der Waals surface area contributed by atoms with Crippen molar-refractivity contribution in [1.82, 2.24) is 25.3 Å². The number of hydrogen-bond donors (Lipinski definition) is 2. The van der Waals surface area contributed by atoms with Crippen molar-refractivity contribution >= 4 is 17.8 Å². The Kier molecular flexibility index (Phi) is 5.50. The van der Waals surface area contributed by atoms with Crippen LogP contribution in [0.3, 0.4) is 0 Å². The van der Waals surface area contributed by atoms with Gasteiger partial charge in [-0.15, -0.1) is 0 Å². The summed E-state index contributed by atoms with van der Waals surface area (Å²) in [5.41, 5.74) is 2.36. The fourth-order valence-corrected chi connectivity index (χ4v) is 4.36. The number of nitrogens with one attached hydrogen (secondary N) is 2. The number of imide groups is 1. The second-order valence-corrected chi connectivity index (χ2v) is 8.33. The van der Waals surface area contributed by atoms with E-state index in [2.05, 4.69) is 15.7 Å². The van der Waals surface area contributed by atoms with Crippen molar-refractivity contribution in [2.45, 2.75) is 71.9 Å². The van der Waals surface area contributed by atoms with E-state index in [1.165, 1.54) is 0 Å². The van der Waals surface area contributed by atoms with Gasteiger partial charge in [0, 0.05) is 12.2 Å². The molecule has 1 spiro atoms. The molecule has 2 heterocycles. The van der Waals surface area contributed by atoms with E-state index in [9.17, 15) is 14.4 Å². The number of aryl methyl sites for hydroxylation is 1. The first-order valence-corrected chi connectivity index (χ1v) is 10.1. The Morgan fingerprint density at radius 1 is 1.32 bits per heavy atom. The summed E-state index contributed by atoms with van der Waals surface area (Å²) in [5, 5.41) is 10.2. The molecule has 0 unspecified atom stereocenters. The minimum atomic E-state index is -0.829. The topological polar surface area (TPSA) is 96.3 Å². The smallest absolute Gasteiger partial charge is 0.325 e. The van der Waals surface area contributed by atoms with Gasteiger partial charge in [0.15, 0.2) is 0 Å². The molecule has 3 atom stereocenters.